The van der Waals surface area contributed by atoms with E-state index < -0.39 is 0 Å². The van der Waals surface area contributed by atoms with E-state index in [0.717, 1.165) is 13.0 Å². The van der Waals surface area contributed by atoms with Crippen molar-refractivity contribution < 1.29 is 9.59 Å². The van der Waals surface area contributed by atoms with Gasteiger partial charge < -0.3 is 10.2 Å². The summed E-state index contributed by atoms with van der Waals surface area (Å²) < 4.78 is 0. The van der Waals surface area contributed by atoms with Gasteiger partial charge in [0.25, 0.3) is 5.91 Å². The molecule has 0 spiro atoms. The van der Waals surface area contributed by atoms with Crippen LogP contribution in [0.1, 0.15) is 30.1 Å². The zero-order valence-corrected chi connectivity index (χ0v) is 10.6. The minimum atomic E-state index is -0.0635. The van der Waals surface area contributed by atoms with Crippen LogP contribution in [0.2, 0.25) is 0 Å². The Hall–Kier alpha value is -1.84. The summed E-state index contributed by atoms with van der Waals surface area (Å²) in [5, 5.41) is 2.97. The summed E-state index contributed by atoms with van der Waals surface area (Å²) in [6.07, 6.45) is 1.36. The van der Waals surface area contributed by atoms with Gasteiger partial charge in [0, 0.05) is 31.1 Å². The molecule has 1 aliphatic heterocycles. The van der Waals surface area contributed by atoms with Crippen LogP contribution >= 0.6 is 0 Å². The van der Waals surface area contributed by atoms with Crippen molar-refractivity contribution in [3.63, 3.8) is 0 Å². The second kappa shape index (κ2) is 5.67. The summed E-state index contributed by atoms with van der Waals surface area (Å²) in [6.45, 7) is 3.23. The van der Waals surface area contributed by atoms with Crippen molar-refractivity contribution in [2.24, 2.45) is 0 Å². The molecule has 0 saturated carbocycles. The Morgan fingerprint density at radius 3 is 2.72 bits per heavy atom. The first-order chi connectivity index (χ1) is 8.70. The first-order valence-corrected chi connectivity index (χ1v) is 6.34. The molecular weight excluding hydrogens is 228 g/mol. The number of hydrogen-bond acceptors (Lipinski definition) is 2. The molecular formula is C14H18N2O2. The Bertz CT molecular complexity index is 431. The molecule has 4 nitrogen and oxygen atoms in total. The van der Waals surface area contributed by atoms with E-state index in [-0.39, 0.29) is 17.9 Å². The number of carbonyl (C=O) groups excluding carboxylic acids is 2. The van der Waals surface area contributed by atoms with E-state index in [2.05, 4.69) is 5.32 Å². The molecule has 0 bridgehead atoms. The van der Waals surface area contributed by atoms with Crippen molar-refractivity contribution >= 4 is 11.8 Å². The van der Waals surface area contributed by atoms with Crippen LogP contribution < -0.4 is 5.32 Å². The van der Waals surface area contributed by atoms with Gasteiger partial charge in [0.15, 0.2) is 0 Å². The second-order valence-corrected chi connectivity index (χ2v) is 4.52. The lowest BCUT2D eigenvalue weighted by atomic mass is 10.2. The topological polar surface area (TPSA) is 49.4 Å². The molecule has 1 atom stereocenters. The number of carbonyl (C=O) groups is 2. The minimum Gasteiger partial charge on any atom is -0.347 e. The Balaban J connectivity index is 1.89. The van der Waals surface area contributed by atoms with Crippen LogP contribution in [0.25, 0.3) is 0 Å². The Morgan fingerprint density at radius 1 is 1.33 bits per heavy atom. The van der Waals surface area contributed by atoms with E-state index in [4.69, 9.17) is 0 Å². The Morgan fingerprint density at radius 2 is 2.06 bits per heavy atom. The standard InChI is InChI=1S/C14H18N2O2/c1-2-13(17)16-9-8-12(10-16)15-14(18)11-6-4-3-5-7-11/h3-7,12H,2,8-10H2,1H3,(H,15,18). The Labute approximate surface area is 107 Å². The average molecular weight is 246 g/mol. The van der Waals surface area contributed by atoms with E-state index >= 15 is 0 Å². The second-order valence-electron chi connectivity index (χ2n) is 4.52. The van der Waals surface area contributed by atoms with Gasteiger partial charge in [-0.15, -0.1) is 0 Å². The maximum Gasteiger partial charge on any atom is 0.251 e. The van der Waals surface area contributed by atoms with Gasteiger partial charge in [-0.3, -0.25) is 9.59 Å². The molecule has 1 heterocycles. The Kier molecular flexibility index (Phi) is 3.97. The summed E-state index contributed by atoms with van der Waals surface area (Å²) in [6, 6.07) is 9.23. The number of amides is 2. The van der Waals surface area contributed by atoms with Gasteiger partial charge in [-0.25, -0.2) is 0 Å². The molecule has 0 aliphatic carbocycles. The molecule has 1 saturated heterocycles. The molecule has 2 rings (SSSR count). The largest absolute Gasteiger partial charge is 0.347 e. The highest BCUT2D eigenvalue weighted by atomic mass is 16.2. The highest BCUT2D eigenvalue weighted by Gasteiger charge is 2.26. The number of hydrogen-bond donors (Lipinski definition) is 1. The lowest BCUT2D eigenvalue weighted by Gasteiger charge is -2.16. The van der Waals surface area contributed by atoms with Gasteiger partial charge in [0.1, 0.15) is 0 Å². The van der Waals surface area contributed by atoms with Gasteiger partial charge in [0.2, 0.25) is 5.91 Å². The first-order valence-electron chi connectivity index (χ1n) is 6.34. The van der Waals surface area contributed by atoms with E-state index in [1.54, 1.807) is 12.1 Å². The molecule has 1 aromatic carbocycles. The van der Waals surface area contributed by atoms with E-state index in [0.29, 0.717) is 18.5 Å². The third kappa shape index (κ3) is 2.88. The molecule has 96 valence electrons. The highest BCUT2D eigenvalue weighted by molar-refractivity contribution is 5.94. The zero-order valence-electron chi connectivity index (χ0n) is 10.6. The number of nitrogens with one attached hydrogen (secondary N) is 1. The summed E-state index contributed by atoms with van der Waals surface area (Å²) in [4.78, 5) is 25.3. The zero-order chi connectivity index (χ0) is 13.0. The van der Waals surface area contributed by atoms with Gasteiger partial charge in [-0.1, -0.05) is 25.1 Å². The lowest BCUT2D eigenvalue weighted by Crippen LogP contribution is -2.38. The van der Waals surface area contributed by atoms with Crippen LogP contribution in [-0.4, -0.2) is 35.8 Å². The lowest BCUT2D eigenvalue weighted by molar-refractivity contribution is -0.129. The predicted octanol–water partition coefficient (Wildman–Crippen LogP) is 1.43. The molecule has 0 aromatic heterocycles. The molecule has 1 aliphatic rings. The molecule has 1 unspecified atom stereocenters. The quantitative estimate of drug-likeness (QED) is 0.877. The molecule has 1 N–H and O–H groups in total. The fraction of sp³-hybridized carbons (Fsp3) is 0.429. The normalized spacial score (nSPS) is 18.7. The van der Waals surface area contributed by atoms with Crippen molar-refractivity contribution in [1.82, 2.24) is 10.2 Å². The van der Waals surface area contributed by atoms with Crippen molar-refractivity contribution in [2.45, 2.75) is 25.8 Å². The summed E-state index contributed by atoms with van der Waals surface area (Å²) in [7, 11) is 0. The number of benzene rings is 1. The van der Waals surface area contributed by atoms with Crippen LogP contribution in [0.3, 0.4) is 0 Å². The summed E-state index contributed by atoms with van der Waals surface area (Å²) >= 11 is 0. The van der Waals surface area contributed by atoms with Crippen LogP contribution in [0.15, 0.2) is 30.3 Å². The van der Waals surface area contributed by atoms with Crippen molar-refractivity contribution in [1.29, 1.82) is 0 Å². The third-order valence-corrected chi connectivity index (χ3v) is 3.21. The molecule has 2 amide bonds. The maximum absolute atomic E-state index is 11.9. The maximum atomic E-state index is 11.9. The predicted molar refractivity (Wildman–Crippen MR) is 69.2 cm³/mol. The fourth-order valence-electron chi connectivity index (χ4n) is 2.19. The van der Waals surface area contributed by atoms with E-state index in [1.165, 1.54) is 0 Å². The number of rotatable bonds is 3. The first kappa shape index (κ1) is 12.6. The molecule has 18 heavy (non-hydrogen) atoms. The van der Waals surface area contributed by atoms with Crippen LogP contribution in [0, 0.1) is 0 Å². The number of likely N-dealkylation sites (tertiary alicyclic amines) is 1. The SMILES string of the molecule is CCC(=O)N1CCC(NC(=O)c2ccccc2)C1. The van der Waals surface area contributed by atoms with Crippen LogP contribution in [-0.2, 0) is 4.79 Å². The minimum absolute atomic E-state index is 0.0635. The molecule has 4 heteroatoms. The van der Waals surface area contributed by atoms with E-state index in [9.17, 15) is 9.59 Å². The van der Waals surface area contributed by atoms with Gasteiger partial charge in [-0.05, 0) is 18.6 Å². The van der Waals surface area contributed by atoms with Crippen LogP contribution in [0.5, 0.6) is 0 Å². The molecule has 1 aromatic rings. The third-order valence-electron chi connectivity index (χ3n) is 3.21. The highest BCUT2D eigenvalue weighted by Crippen LogP contribution is 2.11. The molecule has 0 radical (unpaired) electrons. The fourth-order valence-corrected chi connectivity index (χ4v) is 2.19. The van der Waals surface area contributed by atoms with Gasteiger partial charge in [0.05, 0.1) is 0 Å². The van der Waals surface area contributed by atoms with Crippen molar-refractivity contribution in [2.75, 3.05) is 13.1 Å². The number of nitrogens with zero attached hydrogens (tertiary/aromatic N) is 1. The van der Waals surface area contributed by atoms with Crippen LogP contribution in [0.4, 0.5) is 0 Å². The van der Waals surface area contributed by atoms with Gasteiger partial charge in [-0.2, -0.15) is 0 Å². The van der Waals surface area contributed by atoms with E-state index in [1.807, 2.05) is 30.0 Å². The average Bonchev–Trinajstić information content (AvgIpc) is 2.87. The molecule has 1 fully saturated rings. The summed E-state index contributed by atoms with van der Waals surface area (Å²) in [5.41, 5.74) is 0.665. The van der Waals surface area contributed by atoms with Crippen molar-refractivity contribution in [3.8, 4) is 0 Å². The monoisotopic (exact) mass is 246 g/mol. The smallest absolute Gasteiger partial charge is 0.251 e. The van der Waals surface area contributed by atoms with Gasteiger partial charge >= 0.3 is 0 Å². The van der Waals surface area contributed by atoms with Crippen molar-refractivity contribution in [3.05, 3.63) is 35.9 Å². The summed E-state index contributed by atoms with van der Waals surface area (Å²) in [5.74, 6) is 0.0952.